The molecule has 9 heteroatoms. The second kappa shape index (κ2) is 7.30. The van der Waals surface area contributed by atoms with Crippen LogP contribution in [0.1, 0.15) is 38.2 Å². The normalized spacial score (nSPS) is 12.5. The number of aromatic nitrogens is 1. The van der Waals surface area contributed by atoms with Crippen LogP contribution in [-0.4, -0.2) is 54.6 Å². The van der Waals surface area contributed by atoms with Gasteiger partial charge in [-0.1, -0.05) is 0 Å². The van der Waals surface area contributed by atoms with Gasteiger partial charge in [0.05, 0.1) is 5.51 Å². The smallest absolute Gasteiger partial charge is 0.356 e. The third kappa shape index (κ3) is 4.73. The molecule has 1 heterocycles. The molecule has 0 radical (unpaired) electrons. The van der Waals surface area contributed by atoms with Crippen molar-refractivity contribution in [3.63, 3.8) is 0 Å². The van der Waals surface area contributed by atoms with Crippen LogP contribution in [0.4, 0.5) is 0 Å². The molecule has 0 saturated carbocycles. The molecule has 0 saturated heterocycles. The molecular weight excluding hydrogens is 314 g/mol. The number of sulfonamides is 1. The van der Waals surface area contributed by atoms with Crippen molar-refractivity contribution in [2.24, 2.45) is 0 Å². The Bertz CT molecular complexity index is 573. The SMILES string of the molecule is CC(C)N(CCNS(=O)(=O)c1scnc1C(=O)O)C(C)C. The lowest BCUT2D eigenvalue weighted by atomic mass is 10.2. The largest absolute Gasteiger partial charge is 0.476 e. The van der Waals surface area contributed by atoms with Gasteiger partial charge in [-0.3, -0.25) is 4.90 Å². The minimum Gasteiger partial charge on any atom is -0.476 e. The molecule has 0 unspecified atom stereocenters. The summed E-state index contributed by atoms with van der Waals surface area (Å²) in [7, 11) is -3.84. The van der Waals surface area contributed by atoms with Crippen molar-refractivity contribution in [2.75, 3.05) is 13.1 Å². The molecule has 0 amide bonds. The standard InChI is InChI=1S/C12H21N3O4S2/c1-8(2)15(9(3)4)6-5-14-21(18,19)12-10(11(16)17)13-7-20-12/h7-9,14H,5-6H2,1-4H3,(H,16,17). The van der Waals surface area contributed by atoms with E-state index in [9.17, 15) is 13.2 Å². The average Bonchev–Trinajstić information content (AvgIpc) is 2.83. The second-order valence-electron chi connectivity index (χ2n) is 5.12. The number of hydrogen-bond acceptors (Lipinski definition) is 6. The van der Waals surface area contributed by atoms with Gasteiger partial charge in [0.25, 0.3) is 10.0 Å². The summed E-state index contributed by atoms with van der Waals surface area (Å²) in [4.78, 5) is 16.7. The number of carbonyl (C=O) groups is 1. The molecule has 0 fully saturated rings. The first kappa shape index (κ1) is 18.0. The van der Waals surface area contributed by atoms with E-state index in [2.05, 4.69) is 14.6 Å². The highest BCUT2D eigenvalue weighted by Gasteiger charge is 2.25. The molecule has 0 aliphatic rings. The zero-order chi connectivity index (χ0) is 16.2. The van der Waals surface area contributed by atoms with Gasteiger partial charge in [-0.25, -0.2) is 22.9 Å². The Kier molecular flexibility index (Phi) is 6.26. The minimum atomic E-state index is -3.84. The summed E-state index contributed by atoms with van der Waals surface area (Å²) in [5.74, 6) is -1.34. The third-order valence-corrected chi connectivity index (χ3v) is 5.80. The predicted molar refractivity (Wildman–Crippen MR) is 81.2 cm³/mol. The first-order valence-corrected chi connectivity index (χ1v) is 8.95. The van der Waals surface area contributed by atoms with Crippen LogP contribution in [-0.2, 0) is 10.0 Å². The van der Waals surface area contributed by atoms with Gasteiger partial charge in [0.1, 0.15) is 0 Å². The summed E-state index contributed by atoms with van der Waals surface area (Å²) in [6.45, 7) is 8.94. The fourth-order valence-corrected chi connectivity index (χ4v) is 4.26. The van der Waals surface area contributed by atoms with E-state index in [4.69, 9.17) is 5.11 Å². The highest BCUT2D eigenvalue weighted by Crippen LogP contribution is 2.19. The van der Waals surface area contributed by atoms with E-state index in [-0.39, 0.29) is 10.8 Å². The lowest BCUT2D eigenvalue weighted by Crippen LogP contribution is -2.42. The van der Waals surface area contributed by atoms with Crippen molar-refractivity contribution >= 4 is 27.3 Å². The predicted octanol–water partition coefficient (Wildman–Crippen LogP) is 1.24. The van der Waals surface area contributed by atoms with Crippen molar-refractivity contribution in [1.82, 2.24) is 14.6 Å². The first-order chi connectivity index (χ1) is 9.66. The maximum atomic E-state index is 12.1. The Morgan fingerprint density at radius 3 is 2.43 bits per heavy atom. The van der Waals surface area contributed by atoms with Crippen LogP contribution in [0.2, 0.25) is 0 Å². The zero-order valence-electron chi connectivity index (χ0n) is 12.5. The van der Waals surface area contributed by atoms with Crippen molar-refractivity contribution in [3.05, 3.63) is 11.2 Å². The molecule has 0 aromatic carbocycles. The van der Waals surface area contributed by atoms with Gasteiger partial charge in [-0.05, 0) is 27.7 Å². The molecular formula is C12H21N3O4S2. The number of aromatic carboxylic acids is 1. The number of nitrogens with one attached hydrogen (secondary N) is 1. The number of rotatable bonds is 8. The fourth-order valence-electron chi connectivity index (χ4n) is 2.06. The summed E-state index contributed by atoms with van der Waals surface area (Å²) >= 11 is 0.800. The van der Waals surface area contributed by atoms with Gasteiger partial charge >= 0.3 is 5.97 Å². The number of carboxylic acids is 1. The molecule has 1 rings (SSSR count). The molecule has 0 bridgehead atoms. The number of thiazole rings is 1. The van der Waals surface area contributed by atoms with E-state index in [0.717, 1.165) is 11.3 Å². The summed E-state index contributed by atoms with van der Waals surface area (Å²) in [5.41, 5.74) is 0.782. The van der Waals surface area contributed by atoms with Crippen LogP contribution in [0, 0.1) is 0 Å². The van der Waals surface area contributed by atoms with Crippen molar-refractivity contribution in [1.29, 1.82) is 0 Å². The maximum Gasteiger partial charge on any atom is 0.356 e. The topological polar surface area (TPSA) is 99.6 Å². The molecule has 1 aromatic heterocycles. The van der Waals surface area contributed by atoms with Gasteiger partial charge in [-0.2, -0.15) is 0 Å². The summed E-state index contributed by atoms with van der Waals surface area (Å²) < 4.78 is 26.4. The van der Waals surface area contributed by atoms with Crippen LogP contribution in [0.25, 0.3) is 0 Å². The van der Waals surface area contributed by atoms with Gasteiger partial charge in [-0.15, -0.1) is 11.3 Å². The van der Waals surface area contributed by atoms with Gasteiger partial charge in [0, 0.05) is 25.2 Å². The van der Waals surface area contributed by atoms with E-state index in [1.54, 1.807) is 0 Å². The van der Waals surface area contributed by atoms with Crippen LogP contribution in [0.3, 0.4) is 0 Å². The zero-order valence-corrected chi connectivity index (χ0v) is 14.2. The quantitative estimate of drug-likeness (QED) is 0.741. The van der Waals surface area contributed by atoms with Gasteiger partial charge in [0.15, 0.2) is 9.90 Å². The average molecular weight is 335 g/mol. The molecule has 0 spiro atoms. The van der Waals surface area contributed by atoms with Gasteiger partial charge in [0.2, 0.25) is 0 Å². The lowest BCUT2D eigenvalue weighted by molar-refractivity contribution is 0.0687. The summed E-state index contributed by atoms with van der Waals surface area (Å²) in [5, 5.41) is 8.92. The first-order valence-electron chi connectivity index (χ1n) is 6.59. The Morgan fingerprint density at radius 1 is 1.38 bits per heavy atom. The molecule has 120 valence electrons. The third-order valence-electron chi connectivity index (χ3n) is 2.97. The fraction of sp³-hybridized carbons (Fsp3) is 0.667. The van der Waals surface area contributed by atoms with Crippen LogP contribution >= 0.6 is 11.3 Å². The highest BCUT2D eigenvalue weighted by atomic mass is 32.2. The summed E-state index contributed by atoms with van der Waals surface area (Å²) in [6.07, 6.45) is 0. The van der Waals surface area contributed by atoms with Crippen LogP contribution in [0.15, 0.2) is 9.72 Å². The number of carboxylic acid groups (broad SMARTS) is 1. The van der Waals surface area contributed by atoms with Crippen molar-refractivity contribution < 1.29 is 18.3 Å². The molecule has 0 aliphatic carbocycles. The van der Waals surface area contributed by atoms with Crippen LogP contribution in [0.5, 0.6) is 0 Å². The maximum absolute atomic E-state index is 12.1. The monoisotopic (exact) mass is 335 g/mol. The molecule has 1 aromatic rings. The van der Waals surface area contributed by atoms with Crippen molar-refractivity contribution in [2.45, 2.75) is 44.0 Å². The van der Waals surface area contributed by atoms with Gasteiger partial charge < -0.3 is 5.11 Å². The Hall–Kier alpha value is -1.03. The summed E-state index contributed by atoms with van der Waals surface area (Å²) in [6, 6.07) is 0.597. The van der Waals surface area contributed by atoms with E-state index < -0.39 is 21.7 Å². The molecule has 21 heavy (non-hydrogen) atoms. The lowest BCUT2D eigenvalue weighted by Gasteiger charge is -2.30. The second-order valence-corrected chi connectivity index (χ2v) is 7.93. The minimum absolute atomic E-state index is 0.218. The van der Waals surface area contributed by atoms with Crippen molar-refractivity contribution in [3.8, 4) is 0 Å². The Morgan fingerprint density at radius 2 is 1.95 bits per heavy atom. The molecule has 2 N–H and O–H groups in total. The Balaban J connectivity index is 2.74. The van der Waals surface area contributed by atoms with E-state index in [0.29, 0.717) is 18.6 Å². The van der Waals surface area contributed by atoms with Crippen LogP contribution < -0.4 is 4.72 Å². The number of hydrogen-bond donors (Lipinski definition) is 2. The van der Waals surface area contributed by atoms with E-state index >= 15 is 0 Å². The van der Waals surface area contributed by atoms with E-state index in [1.807, 2.05) is 27.7 Å². The molecule has 7 nitrogen and oxygen atoms in total. The van der Waals surface area contributed by atoms with E-state index in [1.165, 1.54) is 5.51 Å². The highest BCUT2D eigenvalue weighted by molar-refractivity contribution is 7.91. The Labute approximate surface area is 129 Å². The molecule has 0 atom stereocenters. The number of nitrogens with zero attached hydrogens (tertiary/aromatic N) is 2. The molecule has 0 aliphatic heterocycles.